The molecule has 0 unspecified atom stereocenters. The molecule has 7 nitrogen and oxygen atoms in total. The first-order valence-electron chi connectivity index (χ1n) is 6.76. The van der Waals surface area contributed by atoms with Crippen molar-refractivity contribution in [2.75, 3.05) is 20.8 Å². The maximum Gasteiger partial charge on any atom is 0.234 e. The Bertz CT molecular complexity index is 738. The topological polar surface area (TPSA) is 70.8 Å². The number of ether oxygens (including phenoxy) is 3. The van der Waals surface area contributed by atoms with Crippen molar-refractivity contribution in [2.24, 2.45) is 0 Å². The summed E-state index contributed by atoms with van der Waals surface area (Å²) in [6, 6.07) is 7.44. The highest BCUT2D eigenvalue weighted by Crippen LogP contribution is 2.20. The summed E-state index contributed by atoms with van der Waals surface area (Å²) in [6.07, 6.45) is 0.681. The van der Waals surface area contributed by atoms with E-state index in [4.69, 9.17) is 14.2 Å². The summed E-state index contributed by atoms with van der Waals surface area (Å²) < 4.78 is 17.6. The molecule has 0 amide bonds. The molecule has 3 aromatic rings. The molecule has 2 aromatic heterocycles. The van der Waals surface area contributed by atoms with Crippen LogP contribution >= 0.6 is 11.3 Å². The zero-order chi connectivity index (χ0) is 15.4. The Hall–Kier alpha value is -2.19. The highest BCUT2D eigenvalue weighted by Gasteiger charge is 2.11. The summed E-state index contributed by atoms with van der Waals surface area (Å²) in [4.78, 5) is 0.763. The number of methoxy groups -OCH3 is 2. The van der Waals surface area contributed by atoms with Crippen LogP contribution in [0.15, 0.2) is 24.3 Å². The van der Waals surface area contributed by atoms with E-state index in [1.807, 2.05) is 24.3 Å². The van der Waals surface area contributed by atoms with Gasteiger partial charge < -0.3 is 14.2 Å². The molecule has 3 rings (SSSR count). The minimum absolute atomic E-state index is 0.393. The molecule has 0 aliphatic heterocycles. The first kappa shape index (κ1) is 14.7. The Kier molecular flexibility index (Phi) is 4.50. The summed E-state index contributed by atoms with van der Waals surface area (Å²) in [5.41, 5.74) is 0. The lowest BCUT2D eigenvalue weighted by Gasteiger charge is -2.04. The summed E-state index contributed by atoms with van der Waals surface area (Å²) in [7, 11) is 3.30. The van der Waals surface area contributed by atoms with E-state index in [0.717, 1.165) is 27.3 Å². The van der Waals surface area contributed by atoms with Gasteiger partial charge in [0.15, 0.2) is 10.8 Å². The van der Waals surface area contributed by atoms with E-state index in [-0.39, 0.29) is 0 Å². The van der Waals surface area contributed by atoms with Gasteiger partial charge in [0, 0.05) is 13.5 Å². The van der Waals surface area contributed by atoms with Gasteiger partial charge >= 0.3 is 0 Å². The second-order valence-corrected chi connectivity index (χ2v) is 5.55. The van der Waals surface area contributed by atoms with E-state index in [9.17, 15) is 0 Å². The van der Waals surface area contributed by atoms with Gasteiger partial charge in [0.25, 0.3) is 0 Å². The SMILES string of the molecule is COCCc1nnc2sc(COc3ccc(OC)cc3)nn12. The van der Waals surface area contributed by atoms with Crippen LogP contribution in [0.5, 0.6) is 11.5 Å². The molecule has 2 heterocycles. The van der Waals surface area contributed by atoms with Crippen LogP contribution in [0.2, 0.25) is 0 Å². The molecule has 22 heavy (non-hydrogen) atoms. The quantitative estimate of drug-likeness (QED) is 0.663. The van der Waals surface area contributed by atoms with Gasteiger partial charge in [0.2, 0.25) is 4.96 Å². The molecule has 0 fully saturated rings. The van der Waals surface area contributed by atoms with Crippen molar-refractivity contribution in [3.8, 4) is 11.5 Å². The highest BCUT2D eigenvalue weighted by molar-refractivity contribution is 7.16. The van der Waals surface area contributed by atoms with E-state index < -0.39 is 0 Å². The second kappa shape index (κ2) is 6.71. The summed E-state index contributed by atoms with van der Waals surface area (Å²) in [5.74, 6) is 2.36. The Morgan fingerprint density at radius 3 is 2.59 bits per heavy atom. The molecule has 1 aromatic carbocycles. The van der Waals surface area contributed by atoms with Crippen molar-refractivity contribution in [3.63, 3.8) is 0 Å². The van der Waals surface area contributed by atoms with Gasteiger partial charge in [-0.3, -0.25) is 0 Å². The number of hydrogen-bond donors (Lipinski definition) is 0. The number of rotatable bonds is 7. The minimum atomic E-state index is 0.393. The molecule has 0 atom stereocenters. The van der Waals surface area contributed by atoms with Crippen LogP contribution in [-0.4, -0.2) is 40.6 Å². The van der Waals surface area contributed by atoms with Crippen LogP contribution in [0.4, 0.5) is 0 Å². The third-order valence-electron chi connectivity index (χ3n) is 3.05. The van der Waals surface area contributed by atoms with Gasteiger partial charge in [-0.1, -0.05) is 11.3 Å². The normalized spacial score (nSPS) is 11.0. The van der Waals surface area contributed by atoms with E-state index in [2.05, 4.69) is 15.3 Å². The summed E-state index contributed by atoms with van der Waals surface area (Å²) in [6.45, 7) is 0.986. The Morgan fingerprint density at radius 2 is 1.86 bits per heavy atom. The van der Waals surface area contributed by atoms with Gasteiger partial charge in [0.1, 0.15) is 18.1 Å². The van der Waals surface area contributed by atoms with Gasteiger partial charge in [0.05, 0.1) is 13.7 Å². The van der Waals surface area contributed by atoms with Crippen LogP contribution in [0.3, 0.4) is 0 Å². The molecule has 0 saturated carbocycles. The molecule has 0 aliphatic rings. The lowest BCUT2D eigenvalue weighted by molar-refractivity contribution is 0.200. The molecule has 0 N–H and O–H groups in total. The van der Waals surface area contributed by atoms with E-state index in [0.29, 0.717) is 19.6 Å². The molecule has 0 aliphatic carbocycles. The maximum atomic E-state index is 5.72. The second-order valence-electron chi connectivity index (χ2n) is 4.51. The van der Waals surface area contributed by atoms with Crippen molar-refractivity contribution in [2.45, 2.75) is 13.0 Å². The molecular formula is C14H16N4O3S. The lowest BCUT2D eigenvalue weighted by atomic mass is 10.3. The fourth-order valence-electron chi connectivity index (χ4n) is 1.92. The fraction of sp³-hybridized carbons (Fsp3) is 0.357. The largest absolute Gasteiger partial charge is 0.497 e. The number of benzene rings is 1. The molecule has 0 radical (unpaired) electrons. The molecular weight excluding hydrogens is 304 g/mol. The number of fused-ring (bicyclic) bond motifs is 1. The predicted molar refractivity (Wildman–Crippen MR) is 81.6 cm³/mol. The molecule has 0 spiro atoms. The van der Waals surface area contributed by atoms with E-state index >= 15 is 0 Å². The van der Waals surface area contributed by atoms with Crippen LogP contribution in [0, 0.1) is 0 Å². The predicted octanol–water partition coefficient (Wildman–Crippen LogP) is 1.96. The first-order chi connectivity index (χ1) is 10.8. The highest BCUT2D eigenvalue weighted by atomic mass is 32.1. The van der Waals surface area contributed by atoms with Gasteiger partial charge in [-0.2, -0.15) is 9.61 Å². The lowest BCUT2D eigenvalue weighted by Crippen LogP contribution is -2.02. The zero-order valence-electron chi connectivity index (χ0n) is 12.4. The van der Waals surface area contributed by atoms with Crippen molar-refractivity contribution in [3.05, 3.63) is 35.1 Å². The van der Waals surface area contributed by atoms with Gasteiger partial charge in [-0.15, -0.1) is 10.2 Å². The average molecular weight is 320 g/mol. The standard InChI is InChI=1S/C14H16N4O3S/c1-19-8-7-12-15-16-14-18(12)17-13(22-14)9-21-11-5-3-10(20-2)4-6-11/h3-6H,7-9H2,1-2H3. The van der Waals surface area contributed by atoms with Gasteiger partial charge in [-0.25, -0.2) is 0 Å². The van der Waals surface area contributed by atoms with Crippen LogP contribution < -0.4 is 9.47 Å². The maximum absolute atomic E-state index is 5.72. The van der Waals surface area contributed by atoms with E-state index in [1.54, 1.807) is 18.7 Å². The van der Waals surface area contributed by atoms with Crippen LogP contribution in [0.1, 0.15) is 10.8 Å². The zero-order valence-corrected chi connectivity index (χ0v) is 13.2. The monoisotopic (exact) mass is 320 g/mol. The molecule has 0 bridgehead atoms. The number of aromatic nitrogens is 4. The van der Waals surface area contributed by atoms with Gasteiger partial charge in [-0.05, 0) is 24.3 Å². The molecule has 8 heteroatoms. The first-order valence-corrected chi connectivity index (χ1v) is 7.57. The summed E-state index contributed by atoms with van der Waals surface area (Å²) >= 11 is 1.47. The summed E-state index contributed by atoms with van der Waals surface area (Å²) in [5, 5.41) is 13.5. The number of hydrogen-bond acceptors (Lipinski definition) is 7. The third kappa shape index (κ3) is 3.18. The van der Waals surface area contributed by atoms with Crippen molar-refractivity contribution in [1.82, 2.24) is 19.8 Å². The Morgan fingerprint density at radius 1 is 1.09 bits per heavy atom. The molecule has 0 saturated heterocycles. The third-order valence-corrected chi connectivity index (χ3v) is 3.92. The fourth-order valence-corrected chi connectivity index (χ4v) is 2.69. The Balaban J connectivity index is 1.67. The van der Waals surface area contributed by atoms with Crippen LogP contribution in [-0.2, 0) is 17.8 Å². The van der Waals surface area contributed by atoms with Crippen molar-refractivity contribution in [1.29, 1.82) is 0 Å². The molecule has 116 valence electrons. The van der Waals surface area contributed by atoms with Crippen molar-refractivity contribution >= 4 is 16.3 Å². The number of nitrogens with zero attached hydrogens (tertiary/aromatic N) is 4. The minimum Gasteiger partial charge on any atom is -0.497 e. The average Bonchev–Trinajstić information content (AvgIpc) is 3.12. The Labute approximate surface area is 131 Å². The van der Waals surface area contributed by atoms with E-state index in [1.165, 1.54) is 11.3 Å². The smallest absolute Gasteiger partial charge is 0.234 e. The van der Waals surface area contributed by atoms with Crippen LogP contribution in [0.25, 0.3) is 4.96 Å². The van der Waals surface area contributed by atoms with Crippen molar-refractivity contribution < 1.29 is 14.2 Å².